The van der Waals surface area contributed by atoms with Crippen LogP contribution in [0.4, 0.5) is 0 Å². The van der Waals surface area contributed by atoms with Gasteiger partial charge in [-0.3, -0.25) is 4.90 Å². The van der Waals surface area contributed by atoms with Crippen LogP contribution in [0.2, 0.25) is 0 Å². The second-order valence-electron chi connectivity index (χ2n) is 5.31. The molecule has 4 nitrogen and oxygen atoms in total. The summed E-state index contributed by atoms with van der Waals surface area (Å²) in [4.78, 5) is 11.4. The van der Waals surface area contributed by atoms with Crippen molar-refractivity contribution in [3.05, 3.63) is 70.7 Å². The van der Waals surface area contributed by atoms with Gasteiger partial charge in [-0.15, -0.1) is 11.3 Å². The number of aromatic nitrogens is 3. The second kappa shape index (κ2) is 5.42. The van der Waals surface area contributed by atoms with Crippen LogP contribution in [0, 0.1) is 0 Å². The van der Waals surface area contributed by atoms with Gasteiger partial charge in [-0.1, -0.05) is 30.3 Å². The van der Waals surface area contributed by atoms with Crippen LogP contribution in [-0.4, -0.2) is 19.4 Å². The van der Waals surface area contributed by atoms with E-state index in [4.69, 9.17) is 0 Å². The van der Waals surface area contributed by atoms with Crippen molar-refractivity contribution in [2.45, 2.75) is 25.7 Å². The molecule has 0 unspecified atom stereocenters. The minimum atomic E-state index is 0.370. The van der Waals surface area contributed by atoms with Gasteiger partial charge in [0.25, 0.3) is 0 Å². The fraction of sp³-hybridized carbons (Fsp3) is 0.250. The molecule has 3 aromatic rings. The molecule has 0 radical (unpaired) electrons. The van der Waals surface area contributed by atoms with Gasteiger partial charge in [0.2, 0.25) is 0 Å². The number of rotatable bonds is 3. The quantitative estimate of drug-likeness (QED) is 0.745. The van der Waals surface area contributed by atoms with Crippen LogP contribution in [0.15, 0.2) is 53.6 Å². The van der Waals surface area contributed by atoms with E-state index < -0.39 is 0 Å². The first-order valence-electron chi connectivity index (χ1n) is 7.06. The smallest absolute Gasteiger partial charge is 0.122 e. The van der Waals surface area contributed by atoms with E-state index in [2.05, 4.69) is 61.3 Å². The average molecular weight is 296 g/mol. The lowest BCUT2D eigenvalue weighted by Gasteiger charge is -2.36. The molecule has 1 atom stereocenters. The van der Waals surface area contributed by atoms with Crippen molar-refractivity contribution in [3.8, 4) is 0 Å². The van der Waals surface area contributed by atoms with Crippen LogP contribution >= 0.6 is 11.3 Å². The number of thiazole rings is 1. The molecule has 0 bridgehead atoms. The van der Waals surface area contributed by atoms with Gasteiger partial charge in [0.05, 0.1) is 23.8 Å². The molecule has 21 heavy (non-hydrogen) atoms. The molecule has 1 aliphatic rings. The van der Waals surface area contributed by atoms with Crippen LogP contribution in [0.5, 0.6) is 0 Å². The van der Waals surface area contributed by atoms with E-state index in [1.807, 2.05) is 11.7 Å². The Morgan fingerprint density at radius 1 is 1.19 bits per heavy atom. The third-order valence-electron chi connectivity index (χ3n) is 3.99. The minimum Gasteiger partial charge on any atom is -0.332 e. The second-order valence-corrected chi connectivity index (χ2v) is 6.03. The van der Waals surface area contributed by atoms with Crippen LogP contribution in [-0.2, 0) is 19.6 Å². The Balaban J connectivity index is 1.67. The Hall–Kier alpha value is -1.98. The zero-order chi connectivity index (χ0) is 14.1. The first-order chi connectivity index (χ1) is 10.4. The molecule has 0 spiro atoms. The van der Waals surface area contributed by atoms with Gasteiger partial charge in [0.1, 0.15) is 5.82 Å². The van der Waals surface area contributed by atoms with Crippen molar-refractivity contribution in [3.63, 3.8) is 0 Å². The summed E-state index contributed by atoms with van der Waals surface area (Å²) in [5, 5.41) is 2.13. The molecule has 0 aliphatic carbocycles. The number of benzene rings is 1. The summed E-state index contributed by atoms with van der Waals surface area (Å²) < 4.78 is 2.26. The number of hydrogen-bond donors (Lipinski definition) is 0. The third kappa shape index (κ3) is 2.50. The van der Waals surface area contributed by atoms with E-state index in [0.717, 1.165) is 31.2 Å². The molecule has 1 aromatic carbocycles. The Labute approximate surface area is 127 Å². The lowest BCUT2D eigenvalue weighted by atomic mass is 10.0. The molecule has 106 valence electrons. The highest BCUT2D eigenvalue weighted by Crippen LogP contribution is 2.30. The SMILES string of the molecule is c1ccc([C@@H]2Cn3ccnc3CN2Cc2cscn2)cc1. The number of nitrogens with zero attached hydrogens (tertiary/aromatic N) is 4. The van der Waals surface area contributed by atoms with Crippen molar-refractivity contribution in [2.75, 3.05) is 0 Å². The Bertz CT molecular complexity index is 705. The van der Waals surface area contributed by atoms with Crippen molar-refractivity contribution >= 4 is 11.3 Å². The summed E-state index contributed by atoms with van der Waals surface area (Å²) in [6.07, 6.45) is 3.97. The molecule has 0 N–H and O–H groups in total. The molecule has 0 fully saturated rings. The van der Waals surface area contributed by atoms with E-state index in [1.165, 1.54) is 5.56 Å². The zero-order valence-corrected chi connectivity index (χ0v) is 12.4. The van der Waals surface area contributed by atoms with E-state index in [-0.39, 0.29) is 0 Å². The lowest BCUT2D eigenvalue weighted by molar-refractivity contribution is 0.127. The Morgan fingerprint density at radius 2 is 2.10 bits per heavy atom. The minimum absolute atomic E-state index is 0.370. The summed E-state index contributed by atoms with van der Waals surface area (Å²) in [5.74, 6) is 1.14. The first-order valence-corrected chi connectivity index (χ1v) is 8.00. The van der Waals surface area contributed by atoms with E-state index in [9.17, 15) is 0 Å². The molecule has 2 aromatic heterocycles. The molecular weight excluding hydrogens is 280 g/mol. The highest BCUT2D eigenvalue weighted by atomic mass is 32.1. The molecule has 1 aliphatic heterocycles. The predicted molar refractivity (Wildman–Crippen MR) is 82.8 cm³/mol. The molecule has 0 amide bonds. The summed E-state index contributed by atoms with van der Waals surface area (Å²) >= 11 is 1.65. The largest absolute Gasteiger partial charge is 0.332 e. The summed E-state index contributed by atoms with van der Waals surface area (Å²) in [6, 6.07) is 11.1. The van der Waals surface area contributed by atoms with Crippen molar-refractivity contribution in [1.29, 1.82) is 0 Å². The maximum atomic E-state index is 4.47. The molecular formula is C16H16N4S. The van der Waals surface area contributed by atoms with Crippen molar-refractivity contribution in [1.82, 2.24) is 19.4 Å². The summed E-state index contributed by atoms with van der Waals surface area (Å²) in [5.41, 5.74) is 4.39. The highest BCUT2D eigenvalue weighted by Gasteiger charge is 2.28. The Morgan fingerprint density at radius 3 is 2.90 bits per heavy atom. The van der Waals surface area contributed by atoms with E-state index >= 15 is 0 Å². The van der Waals surface area contributed by atoms with E-state index in [0.29, 0.717) is 6.04 Å². The maximum absolute atomic E-state index is 4.47. The van der Waals surface area contributed by atoms with E-state index in [1.54, 1.807) is 11.3 Å². The highest BCUT2D eigenvalue weighted by molar-refractivity contribution is 7.07. The summed E-state index contributed by atoms with van der Waals surface area (Å²) in [7, 11) is 0. The molecule has 5 heteroatoms. The van der Waals surface area contributed by atoms with Gasteiger partial charge in [-0.25, -0.2) is 9.97 Å². The van der Waals surface area contributed by atoms with Gasteiger partial charge < -0.3 is 4.57 Å². The Kier molecular flexibility index (Phi) is 3.29. The predicted octanol–water partition coefficient (Wildman–Crippen LogP) is 3.10. The lowest BCUT2D eigenvalue weighted by Crippen LogP contribution is -2.36. The molecule has 3 heterocycles. The van der Waals surface area contributed by atoms with Crippen molar-refractivity contribution < 1.29 is 0 Å². The summed E-state index contributed by atoms with van der Waals surface area (Å²) in [6.45, 7) is 2.68. The van der Waals surface area contributed by atoms with Gasteiger partial charge in [0, 0.05) is 30.9 Å². The normalized spacial score (nSPS) is 18.6. The molecule has 0 saturated carbocycles. The van der Waals surface area contributed by atoms with Gasteiger partial charge >= 0.3 is 0 Å². The van der Waals surface area contributed by atoms with Crippen molar-refractivity contribution in [2.24, 2.45) is 0 Å². The van der Waals surface area contributed by atoms with Crippen LogP contribution in [0.25, 0.3) is 0 Å². The molecule has 0 saturated heterocycles. The molecule has 4 rings (SSSR count). The maximum Gasteiger partial charge on any atom is 0.122 e. The third-order valence-corrected chi connectivity index (χ3v) is 4.62. The fourth-order valence-corrected chi connectivity index (χ4v) is 3.48. The van der Waals surface area contributed by atoms with Gasteiger partial charge in [0.15, 0.2) is 0 Å². The monoisotopic (exact) mass is 296 g/mol. The average Bonchev–Trinajstić information content (AvgIpc) is 3.18. The van der Waals surface area contributed by atoms with Gasteiger partial charge in [-0.2, -0.15) is 0 Å². The van der Waals surface area contributed by atoms with Gasteiger partial charge in [-0.05, 0) is 5.56 Å². The van der Waals surface area contributed by atoms with Crippen LogP contribution in [0.3, 0.4) is 0 Å². The van der Waals surface area contributed by atoms with Crippen LogP contribution in [0.1, 0.15) is 23.1 Å². The first kappa shape index (κ1) is 12.7. The number of fused-ring (bicyclic) bond motifs is 1. The topological polar surface area (TPSA) is 34.0 Å². The fourth-order valence-electron chi connectivity index (χ4n) is 2.93. The number of hydrogen-bond acceptors (Lipinski definition) is 4. The number of imidazole rings is 1. The standard InChI is InChI=1S/C16H16N4S/c1-2-4-13(5-3-1)15-9-19-7-6-17-16(19)10-20(15)8-14-11-21-12-18-14/h1-7,11-12,15H,8-10H2/t15-/m0/s1. The van der Waals surface area contributed by atoms with Crippen LogP contribution < -0.4 is 0 Å². The zero-order valence-electron chi connectivity index (χ0n) is 11.6.